The van der Waals surface area contributed by atoms with E-state index in [9.17, 15) is 9.59 Å². The normalized spacial score (nSPS) is 15.2. The van der Waals surface area contributed by atoms with Crippen molar-refractivity contribution in [3.8, 4) is 0 Å². The molecule has 0 bridgehead atoms. The second-order valence-electron chi connectivity index (χ2n) is 7.76. The zero-order valence-corrected chi connectivity index (χ0v) is 19.5. The highest BCUT2D eigenvalue weighted by Gasteiger charge is 2.33. The SMILES string of the molecule is O=C(C(c1ccccc1I)n1c(=O)[nH]c2ccccc21)N1CCN(c2ccncc2)CC1. The van der Waals surface area contributed by atoms with Crippen LogP contribution in [0.1, 0.15) is 11.6 Å². The summed E-state index contributed by atoms with van der Waals surface area (Å²) in [6.45, 7) is 2.66. The van der Waals surface area contributed by atoms with E-state index in [-0.39, 0.29) is 11.6 Å². The summed E-state index contributed by atoms with van der Waals surface area (Å²) in [5.41, 5.74) is 3.12. The highest BCUT2D eigenvalue weighted by Crippen LogP contribution is 2.28. The van der Waals surface area contributed by atoms with E-state index in [0.717, 1.165) is 38.9 Å². The number of nitrogens with one attached hydrogen (secondary N) is 1. The van der Waals surface area contributed by atoms with Crippen LogP contribution < -0.4 is 10.6 Å². The van der Waals surface area contributed by atoms with Crippen LogP contribution in [0, 0.1) is 3.57 Å². The quantitative estimate of drug-likeness (QED) is 0.405. The summed E-state index contributed by atoms with van der Waals surface area (Å²) in [6.07, 6.45) is 3.56. The van der Waals surface area contributed by atoms with E-state index in [1.807, 2.05) is 65.6 Å². The number of hydrogen-bond donors (Lipinski definition) is 1. The van der Waals surface area contributed by atoms with Crippen molar-refractivity contribution in [2.24, 2.45) is 0 Å². The van der Waals surface area contributed by atoms with Gasteiger partial charge in [0.25, 0.3) is 5.91 Å². The molecule has 1 saturated heterocycles. The van der Waals surface area contributed by atoms with Crippen molar-refractivity contribution < 1.29 is 4.79 Å². The number of benzene rings is 2. The lowest BCUT2D eigenvalue weighted by atomic mass is 10.0. The van der Waals surface area contributed by atoms with Crippen LogP contribution in [0.2, 0.25) is 0 Å². The number of hydrogen-bond acceptors (Lipinski definition) is 4. The minimum Gasteiger partial charge on any atom is -0.368 e. The van der Waals surface area contributed by atoms with E-state index in [0.29, 0.717) is 13.1 Å². The van der Waals surface area contributed by atoms with Crippen molar-refractivity contribution in [1.82, 2.24) is 19.4 Å². The Bertz CT molecular complexity index is 1310. The molecule has 3 heterocycles. The molecular weight excluding hydrogens is 517 g/mol. The fourth-order valence-electron chi connectivity index (χ4n) is 4.32. The number of halogens is 1. The Kier molecular flexibility index (Phi) is 5.69. The highest BCUT2D eigenvalue weighted by atomic mass is 127. The number of pyridine rings is 1. The number of imidazole rings is 1. The summed E-state index contributed by atoms with van der Waals surface area (Å²) in [4.78, 5) is 38.0. The summed E-state index contributed by atoms with van der Waals surface area (Å²) < 4.78 is 2.56. The Labute approximate surface area is 198 Å². The number of carbonyl (C=O) groups excluding carboxylic acids is 1. The topological polar surface area (TPSA) is 74.2 Å². The van der Waals surface area contributed by atoms with Gasteiger partial charge in [0.15, 0.2) is 0 Å². The molecule has 2 aromatic heterocycles. The lowest BCUT2D eigenvalue weighted by Gasteiger charge is -2.37. The molecule has 7 nitrogen and oxygen atoms in total. The molecule has 0 radical (unpaired) electrons. The summed E-state index contributed by atoms with van der Waals surface area (Å²) in [5, 5.41) is 0. The fraction of sp³-hybridized carbons (Fsp3) is 0.208. The first kappa shape index (κ1) is 20.7. The third kappa shape index (κ3) is 3.79. The van der Waals surface area contributed by atoms with Gasteiger partial charge in [-0.2, -0.15) is 0 Å². The van der Waals surface area contributed by atoms with Gasteiger partial charge < -0.3 is 14.8 Å². The molecule has 0 aliphatic carbocycles. The molecule has 1 aliphatic heterocycles. The molecule has 5 rings (SSSR count). The molecule has 1 aliphatic rings. The van der Waals surface area contributed by atoms with Crippen LogP contribution in [-0.4, -0.2) is 51.5 Å². The van der Waals surface area contributed by atoms with Crippen molar-refractivity contribution in [3.05, 3.63) is 92.7 Å². The van der Waals surface area contributed by atoms with Gasteiger partial charge in [-0.25, -0.2) is 4.79 Å². The Morgan fingerprint density at radius 1 is 0.938 bits per heavy atom. The van der Waals surface area contributed by atoms with Crippen LogP contribution in [0.4, 0.5) is 5.69 Å². The Morgan fingerprint density at radius 2 is 1.62 bits per heavy atom. The van der Waals surface area contributed by atoms with Gasteiger partial charge in [0.1, 0.15) is 6.04 Å². The van der Waals surface area contributed by atoms with Crippen LogP contribution in [0.3, 0.4) is 0 Å². The molecule has 2 aromatic carbocycles. The predicted molar refractivity (Wildman–Crippen MR) is 133 cm³/mol. The van der Waals surface area contributed by atoms with Crippen LogP contribution in [0.15, 0.2) is 77.9 Å². The van der Waals surface area contributed by atoms with Gasteiger partial charge in [-0.3, -0.25) is 14.3 Å². The fourth-order valence-corrected chi connectivity index (χ4v) is 5.01. The number of aromatic amines is 1. The molecule has 4 aromatic rings. The number of anilines is 1. The molecule has 1 unspecified atom stereocenters. The molecule has 1 amide bonds. The summed E-state index contributed by atoms with van der Waals surface area (Å²) in [5.74, 6) is -0.0599. The van der Waals surface area contributed by atoms with Crippen LogP contribution in [-0.2, 0) is 4.79 Å². The van der Waals surface area contributed by atoms with Crippen LogP contribution in [0.25, 0.3) is 11.0 Å². The molecule has 1 atom stereocenters. The zero-order chi connectivity index (χ0) is 22.1. The maximum absolute atomic E-state index is 13.9. The lowest BCUT2D eigenvalue weighted by Crippen LogP contribution is -2.51. The van der Waals surface area contributed by atoms with E-state index in [1.165, 1.54) is 0 Å². The molecule has 1 fully saturated rings. The first-order chi connectivity index (χ1) is 15.6. The first-order valence-electron chi connectivity index (χ1n) is 10.5. The third-order valence-electron chi connectivity index (χ3n) is 5.94. The molecule has 8 heteroatoms. The Morgan fingerprint density at radius 3 is 2.38 bits per heavy atom. The smallest absolute Gasteiger partial charge is 0.327 e. The van der Waals surface area contributed by atoms with Crippen molar-refractivity contribution in [3.63, 3.8) is 0 Å². The van der Waals surface area contributed by atoms with Gasteiger partial charge in [0, 0.05) is 47.8 Å². The second kappa shape index (κ2) is 8.78. The van der Waals surface area contributed by atoms with Gasteiger partial charge in [-0.05, 0) is 58.5 Å². The summed E-state index contributed by atoms with van der Waals surface area (Å²) >= 11 is 2.24. The number of para-hydroxylation sites is 2. The van der Waals surface area contributed by atoms with E-state index in [4.69, 9.17) is 0 Å². The largest absolute Gasteiger partial charge is 0.368 e. The Balaban J connectivity index is 1.51. The Hall–Kier alpha value is -3.14. The van der Waals surface area contributed by atoms with Gasteiger partial charge in [-0.1, -0.05) is 30.3 Å². The van der Waals surface area contributed by atoms with E-state index in [1.54, 1.807) is 17.0 Å². The molecule has 32 heavy (non-hydrogen) atoms. The average Bonchev–Trinajstić information content (AvgIpc) is 3.17. The second-order valence-corrected chi connectivity index (χ2v) is 8.92. The standard InChI is InChI=1S/C24H22IN5O2/c25-19-6-2-1-5-18(19)22(30-21-8-4-3-7-20(21)27-24(30)32)23(31)29-15-13-28(14-16-29)17-9-11-26-12-10-17/h1-12,22H,13-16H2,(H,27,32). The molecule has 0 saturated carbocycles. The third-order valence-corrected chi connectivity index (χ3v) is 6.92. The lowest BCUT2D eigenvalue weighted by molar-refractivity contribution is -0.133. The van der Waals surface area contributed by atoms with E-state index < -0.39 is 6.04 Å². The summed E-state index contributed by atoms with van der Waals surface area (Å²) in [6, 6.07) is 18.5. The zero-order valence-electron chi connectivity index (χ0n) is 17.3. The van der Waals surface area contributed by atoms with Crippen LogP contribution >= 0.6 is 22.6 Å². The number of nitrogens with zero attached hydrogens (tertiary/aromatic N) is 4. The van der Waals surface area contributed by atoms with Gasteiger partial charge >= 0.3 is 5.69 Å². The number of carbonyl (C=O) groups is 1. The number of amides is 1. The minimum absolute atomic E-state index is 0.0599. The van der Waals surface area contributed by atoms with Gasteiger partial charge in [0.2, 0.25) is 0 Å². The van der Waals surface area contributed by atoms with Crippen molar-refractivity contribution in [2.75, 3.05) is 31.1 Å². The number of H-pyrrole nitrogens is 1. The van der Waals surface area contributed by atoms with E-state index >= 15 is 0 Å². The van der Waals surface area contributed by atoms with Crippen molar-refractivity contribution in [1.29, 1.82) is 0 Å². The predicted octanol–water partition coefficient (Wildman–Crippen LogP) is 3.27. The van der Waals surface area contributed by atoms with Crippen molar-refractivity contribution in [2.45, 2.75) is 6.04 Å². The van der Waals surface area contributed by atoms with Crippen LogP contribution in [0.5, 0.6) is 0 Å². The number of rotatable bonds is 4. The van der Waals surface area contributed by atoms with Crippen molar-refractivity contribution >= 4 is 45.2 Å². The number of piperazine rings is 1. The molecule has 0 spiro atoms. The molecular formula is C24H22IN5O2. The van der Waals surface area contributed by atoms with Gasteiger partial charge in [-0.15, -0.1) is 0 Å². The highest BCUT2D eigenvalue weighted by molar-refractivity contribution is 14.1. The molecule has 1 N–H and O–H groups in total. The maximum Gasteiger partial charge on any atom is 0.327 e. The molecule has 162 valence electrons. The first-order valence-corrected chi connectivity index (χ1v) is 11.6. The maximum atomic E-state index is 13.9. The summed E-state index contributed by atoms with van der Waals surface area (Å²) in [7, 11) is 0. The van der Waals surface area contributed by atoms with E-state index in [2.05, 4.69) is 37.5 Å². The average molecular weight is 539 g/mol. The number of aromatic nitrogens is 3. The minimum atomic E-state index is -0.723. The monoisotopic (exact) mass is 539 g/mol. The van der Waals surface area contributed by atoms with Gasteiger partial charge in [0.05, 0.1) is 11.0 Å². The number of fused-ring (bicyclic) bond motifs is 1.